The van der Waals surface area contributed by atoms with Crippen molar-refractivity contribution in [2.75, 3.05) is 54.7 Å². The first-order valence-corrected chi connectivity index (χ1v) is 10.7. The number of anilines is 5. The van der Waals surface area contributed by atoms with Gasteiger partial charge in [-0.25, -0.2) is 9.97 Å². The van der Waals surface area contributed by atoms with Crippen LogP contribution in [-0.4, -0.2) is 59.5 Å². The van der Waals surface area contributed by atoms with Gasteiger partial charge in [0, 0.05) is 24.0 Å². The zero-order valence-corrected chi connectivity index (χ0v) is 19.0. The van der Waals surface area contributed by atoms with E-state index < -0.39 is 0 Å². The second-order valence-corrected chi connectivity index (χ2v) is 7.92. The van der Waals surface area contributed by atoms with Crippen LogP contribution < -0.4 is 26.0 Å². The summed E-state index contributed by atoms with van der Waals surface area (Å²) in [6.07, 6.45) is -0.0552. The Bertz CT molecular complexity index is 1340. The van der Waals surface area contributed by atoms with E-state index >= 15 is 0 Å². The SMILES string of the molecule is COc1ccc(N2C(=O)Cc3c2nc(N)c2c(N)nc(N(CCO)CCO)c(C#N)c32)cc1Cl. The van der Waals surface area contributed by atoms with Crippen molar-refractivity contribution in [1.82, 2.24) is 9.97 Å². The zero-order valence-electron chi connectivity index (χ0n) is 18.2. The summed E-state index contributed by atoms with van der Waals surface area (Å²) in [5, 5.41) is 30.0. The minimum Gasteiger partial charge on any atom is -0.495 e. The molecule has 176 valence electrons. The summed E-state index contributed by atoms with van der Waals surface area (Å²) in [5.74, 6) is 0.639. The van der Waals surface area contributed by atoms with Crippen molar-refractivity contribution in [1.29, 1.82) is 5.26 Å². The van der Waals surface area contributed by atoms with Gasteiger partial charge < -0.3 is 31.3 Å². The van der Waals surface area contributed by atoms with Crippen LogP contribution in [0.4, 0.5) is 29.0 Å². The maximum Gasteiger partial charge on any atom is 0.237 e. The number of fused-ring (bicyclic) bond motifs is 3. The van der Waals surface area contributed by atoms with Crippen molar-refractivity contribution in [3.05, 3.63) is 34.3 Å². The number of pyridine rings is 2. The Kier molecular flexibility index (Phi) is 6.30. The number of methoxy groups -OCH3 is 1. The van der Waals surface area contributed by atoms with Crippen LogP contribution in [0.15, 0.2) is 18.2 Å². The predicted octanol–water partition coefficient (Wildman–Crippen LogP) is 1.34. The standard InChI is InChI=1S/C22H22ClN7O4/c1-34-15-3-2-11(8-14(15)23)30-16(33)9-12-17-13(10-24)21(29(4-6-31)5-7-32)27-19(25)18(17)20(26)28-22(12)30/h2-3,8,31-32H,4-7,9H2,1H3,(H2,25,27)(H2,26,28). The van der Waals surface area contributed by atoms with E-state index in [4.69, 9.17) is 27.8 Å². The van der Waals surface area contributed by atoms with Crippen molar-refractivity contribution in [2.24, 2.45) is 0 Å². The van der Waals surface area contributed by atoms with E-state index in [0.717, 1.165) is 0 Å². The number of ether oxygens (including phenoxy) is 1. The van der Waals surface area contributed by atoms with Gasteiger partial charge in [-0.15, -0.1) is 0 Å². The summed E-state index contributed by atoms with van der Waals surface area (Å²) in [4.78, 5) is 24.8. The molecule has 2 aromatic heterocycles. The second-order valence-electron chi connectivity index (χ2n) is 7.52. The molecule has 1 aliphatic heterocycles. The van der Waals surface area contributed by atoms with Gasteiger partial charge in [-0.1, -0.05) is 11.6 Å². The highest BCUT2D eigenvalue weighted by atomic mass is 35.5. The lowest BCUT2D eigenvalue weighted by atomic mass is 10.0. The molecule has 0 radical (unpaired) electrons. The van der Waals surface area contributed by atoms with Gasteiger partial charge in [0.05, 0.1) is 42.8 Å². The third-order valence-corrected chi connectivity index (χ3v) is 5.89. The molecule has 12 heteroatoms. The molecule has 0 unspecified atom stereocenters. The molecule has 0 spiro atoms. The number of nitriles is 1. The fourth-order valence-corrected chi connectivity index (χ4v) is 4.41. The van der Waals surface area contributed by atoms with Gasteiger partial charge in [-0.2, -0.15) is 5.26 Å². The number of nitrogens with two attached hydrogens (primary N) is 2. The van der Waals surface area contributed by atoms with E-state index in [1.807, 2.05) is 0 Å². The molecule has 0 bridgehead atoms. The number of amides is 1. The Morgan fingerprint density at radius 1 is 1.21 bits per heavy atom. The van der Waals surface area contributed by atoms with Crippen LogP contribution in [0.2, 0.25) is 5.02 Å². The van der Waals surface area contributed by atoms with Gasteiger partial charge in [0.2, 0.25) is 5.91 Å². The maximum absolute atomic E-state index is 13.1. The number of aromatic nitrogens is 2. The minimum absolute atomic E-state index is 0.0111. The predicted molar refractivity (Wildman–Crippen MR) is 128 cm³/mol. The summed E-state index contributed by atoms with van der Waals surface area (Å²) in [6.45, 7) is -0.228. The number of hydrogen-bond donors (Lipinski definition) is 4. The third kappa shape index (κ3) is 3.67. The van der Waals surface area contributed by atoms with E-state index in [0.29, 0.717) is 27.4 Å². The maximum atomic E-state index is 13.1. The summed E-state index contributed by atoms with van der Waals surface area (Å²) >= 11 is 6.27. The van der Waals surface area contributed by atoms with Crippen LogP contribution in [0.3, 0.4) is 0 Å². The van der Waals surface area contributed by atoms with E-state index in [1.54, 1.807) is 23.1 Å². The van der Waals surface area contributed by atoms with Crippen LogP contribution in [-0.2, 0) is 11.2 Å². The monoisotopic (exact) mass is 483 g/mol. The third-order valence-electron chi connectivity index (χ3n) is 5.59. The number of benzene rings is 1. The summed E-state index contributed by atoms with van der Waals surface area (Å²) in [6, 6.07) is 7.02. The highest BCUT2D eigenvalue weighted by molar-refractivity contribution is 6.32. The lowest BCUT2D eigenvalue weighted by Crippen LogP contribution is -2.31. The number of carbonyl (C=O) groups excluding carboxylic acids is 1. The van der Waals surface area contributed by atoms with Gasteiger partial charge in [-0.3, -0.25) is 9.69 Å². The van der Waals surface area contributed by atoms with Gasteiger partial charge in [-0.05, 0) is 18.2 Å². The Balaban J connectivity index is 2.00. The van der Waals surface area contributed by atoms with Crippen LogP contribution in [0, 0.1) is 11.3 Å². The van der Waals surface area contributed by atoms with Gasteiger partial charge in [0.1, 0.15) is 40.7 Å². The first-order valence-electron chi connectivity index (χ1n) is 10.3. The molecule has 11 nitrogen and oxygen atoms in total. The topological polar surface area (TPSA) is 175 Å². The Morgan fingerprint density at radius 3 is 2.47 bits per heavy atom. The van der Waals surface area contributed by atoms with Crippen molar-refractivity contribution in [2.45, 2.75) is 6.42 Å². The molecule has 6 N–H and O–H groups in total. The Labute approximate surface area is 199 Å². The molecular formula is C22H22ClN7O4. The molecule has 0 saturated heterocycles. The molecule has 1 aromatic carbocycles. The van der Waals surface area contributed by atoms with Crippen molar-refractivity contribution in [3.8, 4) is 11.8 Å². The minimum atomic E-state index is -0.293. The van der Waals surface area contributed by atoms with Gasteiger partial charge in [0.15, 0.2) is 0 Å². The highest BCUT2D eigenvalue weighted by Crippen LogP contribution is 2.44. The molecular weight excluding hydrogens is 462 g/mol. The molecule has 1 amide bonds. The highest BCUT2D eigenvalue weighted by Gasteiger charge is 2.35. The number of halogens is 1. The molecule has 34 heavy (non-hydrogen) atoms. The van der Waals surface area contributed by atoms with Crippen molar-refractivity contribution >= 4 is 57.2 Å². The van der Waals surface area contributed by atoms with E-state index in [1.165, 1.54) is 12.0 Å². The number of hydrogen-bond acceptors (Lipinski definition) is 10. The second kappa shape index (κ2) is 9.18. The first-order chi connectivity index (χ1) is 16.4. The van der Waals surface area contributed by atoms with Crippen LogP contribution in [0.25, 0.3) is 10.8 Å². The lowest BCUT2D eigenvalue weighted by molar-refractivity contribution is -0.116. The van der Waals surface area contributed by atoms with E-state index in [-0.39, 0.29) is 72.9 Å². The summed E-state index contributed by atoms with van der Waals surface area (Å²) in [7, 11) is 1.49. The Morgan fingerprint density at radius 2 is 1.88 bits per heavy atom. The number of aliphatic hydroxyl groups is 2. The quantitative estimate of drug-likeness (QED) is 0.383. The average molecular weight is 484 g/mol. The normalized spacial score (nSPS) is 12.7. The van der Waals surface area contributed by atoms with Crippen molar-refractivity contribution in [3.63, 3.8) is 0 Å². The molecule has 3 heterocycles. The molecule has 3 aromatic rings. The van der Waals surface area contributed by atoms with E-state index in [2.05, 4.69) is 16.0 Å². The molecule has 1 aliphatic rings. The lowest BCUT2D eigenvalue weighted by Gasteiger charge is -2.25. The smallest absolute Gasteiger partial charge is 0.237 e. The summed E-state index contributed by atoms with van der Waals surface area (Å²) < 4.78 is 5.19. The largest absolute Gasteiger partial charge is 0.495 e. The fourth-order valence-electron chi connectivity index (χ4n) is 4.16. The molecule has 0 fully saturated rings. The number of nitrogens with zero attached hydrogens (tertiary/aromatic N) is 5. The number of carbonyl (C=O) groups is 1. The first kappa shape index (κ1) is 23.3. The number of nitrogen functional groups attached to an aromatic ring is 2. The molecule has 4 rings (SSSR count). The van der Waals surface area contributed by atoms with Crippen LogP contribution >= 0.6 is 11.6 Å². The van der Waals surface area contributed by atoms with Gasteiger partial charge in [0.25, 0.3) is 0 Å². The molecule has 0 saturated carbocycles. The van der Waals surface area contributed by atoms with Crippen molar-refractivity contribution < 1.29 is 19.7 Å². The average Bonchev–Trinajstić information content (AvgIpc) is 3.14. The number of aliphatic hydroxyl groups excluding tert-OH is 2. The zero-order chi connectivity index (χ0) is 24.6. The number of rotatable bonds is 7. The van der Waals surface area contributed by atoms with E-state index in [9.17, 15) is 20.3 Å². The molecule has 0 atom stereocenters. The van der Waals surface area contributed by atoms with Crippen LogP contribution in [0.1, 0.15) is 11.1 Å². The summed E-state index contributed by atoms with van der Waals surface area (Å²) in [5.41, 5.74) is 13.5. The van der Waals surface area contributed by atoms with Gasteiger partial charge >= 0.3 is 0 Å². The molecule has 0 aliphatic carbocycles. The fraction of sp³-hybridized carbons (Fsp3) is 0.273. The van der Waals surface area contributed by atoms with Crippen LogP contribution in [0.5, 0.6) is 5.75 Å². The Hall–Kier alpha value is -3.85.